The van der Waals surface area contributed by atoms with Gasteiger partial charge in [0, 0.05) is 43.5 Å². The first-order valence-corrected chi connectivity index (χ1v) is 13.5. The second kappa shape index (κ2) is 10.8. The molecule has 200 valence electrons. The van der Waals surface area contributed by atoms with Gasteiger partial charge in [-0.25, -0.2) is 4.79 Å². The molecule has 2 aliphatic rings. The summed E-state index contributed by atoms with van der Waals surface area (Å²) in [6, 6.07) is 24.5. The maximum absolute atomic E-state index is 13.3. The molecule has 40 heavy (non-hydrogen) atoms. The molecule has 1 fully saturated rings. The van der Waals surface area contributed by atoms with E-state index in [9.17, 15) is 19.5 Å². The summed E-state index contributed by atoms with van der Waals surface area (Å²) in [6.07, 6.45) is 4.70. The Morgan fingerprint density at radius 3 is 2.48 bits per heavy atom. The van der Waals surface area contributed by atoms with Crippen LogP contribution < -0.4 is 5.32 Å². The Balaban J connectivity index is 1.28. The number of fused-ring (bicyclic) bond motifs is 1. The number of aromatic carboxylic acids is 1. The van der Waals surface area contributed by atoms with Crippen molar-refractivity contribution in [3.05, 3.63) is 125 Å². The first-order valence-electron chi connectivity index (χ1n) is 13.5. The summed E-state index contributed by atoms with van der Waals surface area (Å²) >= 11 is 0. The second-order valence-electron chi connectivity index (χ2n) is 10.4. The van der Waals surface area contributed by atoms with E-state index in [4.69, 9.17) is 0 Å². The maximum atomic E-state index is 13.3. The van der Waals surface area contributed by atoms with Crippen LogP contribution in [0.2, 0.25) is 0 Å². The fraction of sp³-hybridized carbons (Fsp3) is 0.212. The van der Waals surface area contributed by atoms with E-state index in [0.717, 1.165) is 34.2 Å². The van der Waals surface area contributed by atoms with Crippen LogP contribution in [0.3, 0.4) is 0 Å². The Hall–Kier alpha value is -4.78. The molecular formula is C33H29N3O4. The van der Waals surface area contributed by atoms with E-state index in [1.807, 2.05) is 41.3 Å². The molecule has 7 heteroatoms. The molecule has 3 aromatic carbocycles. The van der Waals surface area contributed by atoms with Gasteiger partial charge in [0.25, 0.3) is 5.91 Å². The van der Waals surface area contributed by atoms with Gasteiger partial charge in [0.05, 0.1) is 5.56 Å². The molecule has 6 rings (SSSR count). The summed E-state index contributed by atoms with van der Waals surface area (Å²) in [6.45, 7) is 1.31. The van der Waals surface area contributed by atoms with Crippen molar-refractivity contribution in [2.75, 3.05) is 6.54 Å². The minimum atomic E-state index is -0.974. The number of rotatable bonds is 7. The largest absolute Gasteiger partial charge is 0.478 e. The van der Waals surface area contributed by atoms with Crippen molar-refractivity contribution in [3.63, 3.8) is 0 Å². The average Bonchev–Trinajstić information content (AvgIpc) is 3.81. The minimum Gasteiger partial charge on any atom is -0.478 e. The molecule has 7 nitrogen and oxygen atoms in total. The van der Waals surface area contributed by atoms with E-state index in [1.165, 1.54) is 5.56 Å². The molecule has 0 spiro atoms. The fourth-order valence-corrected chi connectivity index (χ4v) is 5.71. The van der Waals surface area contributed by atoms with Crippen molar-refractivity contribution in [1.82, 2.24) is 15.2 Å². The van der Waals surface area contributed by atoms with Crippen LogP contribution in [0.25, 0.3) is 11.1 Å². The molecule has 1 aliphatic carbocycles. The van der Waals surface area contributed by atoms with Crippen molar-refractivity contribution in [2.24, 2.45) is 5.92 Å². The monoisotopic (exact) mass is 531 g/mol. The lowest BCUT2D eigenvalue weighted by Gasteiger charge is -2.32. The van der Waals surface area contributed by atoms with Crippen molar-refractivity contribution < 1.29 is 19.5 Å². The molecule has 1 saturated carbocycles. The molecule has 0 unspecified atom stereocenters. The normalized spacial score (nSPS) is 17.6. The number of nitrogens with one attached hydrogen (secondary N) is 1. The number of nitrogens with zero attached hydrogens (tertiary/aromatic N) is 2. The van der Waals surface area contributed by atoms with Crippen LogP contribution in [-0.4, -0.2) is 39.3 Å². The van der Waals surface area contributed by atoms with Gasteiger partial charge in [0.2, 0.25) is 5.91 Å². The average molecular weight is 532 g/mol. The van der Waals surface area contributed by atoms with E-state index < -0.39 is 5.97 Å². The quantitative estimate of drug-likeness (QED) is 0.347. The number of carboxylic acids is 1. The third kappa shape index (κ3) is 5.10. The molecule has 2 N–H and O–H groups in total. The van der Waals surface area contributed by atoms with Crippen molar-refractivity contribution in [1.29, 1.82) is 0 Å². The SMILES string of the molecule is O=C(O)c1cccc(-c2ccc(CNC(=O)[C@@H]3C[C@@H]3c3ccccc3)c3c2CCN(C(=O)c2ccncc2)C3)c1. The molecule has 2 amide bonds. The first-order chi connectivity index (χ1) is 19.5. The zero-order chi connectivity index (χ0) is 27.6. The lowest BCUT2D eigenvalue weighted by atomic mass is 9.87. The Morgan fingerprint density at radius 1 is 0.900 bits per heavy atom. The number of aromatic nitrogens is 1. The van der Waals surface area contributed by atoms with Gasteiger partial charge in [-0.05, 0) is 76.4 Å². The summed E-state index contributed by atoms with van der Waals surface area (Å²) < 4.78 is 0. The summed E-state index contributed by atoms with van der Waals surface area (Å²) in [5.74, 6) is -0.766. The third-order valence-corrected chi connectivity index (χ3v) is 7.95. The molecule has 1 aliphatic heterocycles. The van der Waals surface area contributed by atoms with Crippen molar-refractivity contribution in [2.45, 2.75) is 31.8 Å². The van der Waals surface area contributed by atoms with Gasteiger partial charge in [0.1, 0.15) is 0 Å². The standard InChI is InChI=1S/C33H29N3O4/c37-31(29-18-28(29)21-5-2-1-3-6-21)35-19-25-9-10-26(23-7-4-8-24(17-23)33(39)40)27-13-16-36(20-30(25)27)32(38)22-11-14-34-15-12-22/h1-12,14-15,17,28-29H,13,16,18-20H2,(H,35,37)(H,39,40)/t28-,29-/m1/s1. The fourth-order valence-electron chi connectivity index (χ4n) is 5.71. The predicted octanol–water partition coefficient (Wildman–Crippen LogP) is 5.07. The first kappa shape index (κ1) is 25.5. The molecule has 2 heterocycles. The lowest BCUT2D eigenvalue weighted by Crippen LogP contribution is -2.37. The number of carboxylic acid groups (broad SMARTS) is 1. The van der Waals surface area contributed by atoms with E-state index in [0.29, 0.717) is 31.6 Å². The highest BCUT2D eigenvalue weighted by Crippen LogP contribution is 2.47. The summed E-state index contributed by atoms with van der Waals surface area (Å²) in [5.41, 5.74) is 6.83. The van der Waals surface area contributed by atoms with E-state index >= 15 is 0 Å². The smallest absolute Gasteiger partial charge is 0.335 e. The lowest BCUT2D eigenvalue weighted by molar-refractivity contribution is -0.122. The predicted molar refractivity (Wildman–Crippen MR) is 151 cm³/mol. The van der Waals surface area contributed by atoms with Gasteiger partial charge >= 0.3 is 5.97 Å². The van der Waals surface area contributed by atoms with Crippen LogP contribution >= 0.6 is 0 Å². The highest BCUT2D eigenvalue weighted by molar-refractivity contribution is 5.94. The number of carbonyl (C=O) groups is 3. The second-order valence-corrected chi connectivity index (χ2v) is 10.4. The van der Waals surface area contributed by atoms with Gasteiger partial charge in [-0.1, -0.05) is 54.6 Å². The van der Waals surface area contributed by atoms with Crippen LogP contribution in [0.1, 0.15) is 55.3 Å². The van der Waals surface area contributed by atoms with Crippen molar-refractivity contribution >= 4 is 17.8 Å². The van der Waals surface area contributed by atoms with E-state index in [2.05, 4.69) is 22.4 Å². The van der Waals surface area contributed by atoms with Gasteiger partial charge in [0.15, 0.2) is 0 Å². The molecule has 2 atom stereocenters. The van der Waals surface area contributed by atoms with Crippen LogP contribution in [0.4, 0.5) is 0 Å². The minimum absolute atomic E-state index is 0.0268. The zero-order valence-electron chi connectivity index (χ0n) is 21.9. The maximum Gasteiger partial charge on any atom is 0.335 e. The number of hydrogen-bond acceptors (Lipinski definition) is 4. The van der Waals surface area contributed by atoms with Crippen molar-refractivity contribution in [3.8, 4) is 11.1 Å². The Bertz CT molecular complexity index is 1590. The molecular weight excluding hydrogens is 502 g/mol. The van der Waals surface area contributed by atoms with Crippen LogP contribution in [0.5, 0.6) is 0 Å². The Labute approximate surface area is 232 Å². The number of hydrogen-bond donors (Lipinski definition) is 2. The van der Waals surface area contributed by atoms with Crippen LogP contribution in [0.15, 0.2) is 91.3 Å². The molecule has 0 saturated heterocycles. The number of pyridine rings is 1. The molecule has 4 aromatic rings. The van der Waals surface area contributed by atoms with Gasteiger partial charge in [-0.15, -0.1) is 0 Å². The van der Waals surface area contributed by atoms with E-state index in [1.54, 1.807) is 42.7 Å². The Kier molecular flexibility index (Phi) is 6.86. The van der Waals surface area contributed by atoms with Gasteiger partial charge in [-0.3, -0.25) is 14.6 Å². The molecule has 0 radical (unpaired) electrons. The third-order valence-electron chi connectivity index (χ3n) is 7.95. The Morgan fingerprint density at radius 2 is 1.70 bits per heavy atom. The molecule has 1 aromatic heterocycles. The van der Waals surface area contributed by atoms with Crippen LogP contribution in [0, 0.1) is 5.92 Å². The number of carbonyl (C=O) groups excluding carboxylic acids is 2. The highest BCUT2D eigenvalue weighted by Gasteiger charge is 2.43. The zero-order valence-corrected chi connectivity index (χ0v) is 21.9. The number of benzene rings is 3. The van der Waals surface area contributed by atoms with Gasteiger partial charge in [-0.2, -0.15) is 0 Å². The van der Waals surface area contributed by atoms with E-state index in [-0.39, 0.29) is 29.2 Å². The topological polar surface area (TPSA) is 99.6 Å². The van der Waals surface area contributed by atoms with Gasteiger partial charge < -0.3 is 15.3 Å². The summed E-state index contributed by atoms with van der Waals surface area (Å²) in [7, 11) is 0. The van der Waals surface area contributed by atoms with Crippen LogP contribution in [-0.2, 0) is 24.3 Å². The number of amides is 2. The molecule has 0 bridgehead atoms. The highest BCUT2D eigenvalue weighted by atomic mass is 16.4. The summed E-state index contributed by atoms with van der Waals surface area (Å²) in [5, 5.41) is 12.7. The summed E-state index contributed by atoms with van der Waals surface area (Å²) in [4.78, 5) is 43.8.